The quantitative estimate of drug-likeness (QED) is 0.692. The predicted octanol–water partition coefficient (Wildman–Crippen LogP) is 0.838. The number of aromatic nitrogens is 2. The zero-order valence-corrected chi connectivity index (χ0v) is 14.9. The number of nitrogens with one attached hydrogen (secondary N) is 1. The number of rotatable bonds is 4. The van der Waals surface area contributed by atoms with Gasteiger partial charge in [0.05, 0.1) is 28.9 Å². The maximum absolute atomic E-state index is 12.7. The lowest BCUT2D eigenvalue weighted by Crippen LogP contribution is -2.33. The van der Waals surface area contributed by atoms with Crippen molar-refractivity contribution >= 4 is 30.2 Å². The Labute approximate surface area is 158 Å². The molecule has 0 radical (unpaired) electrons. The molecule has 0 saturated heterocycles. The molecule has 2 N–H and O–H groups in total. The third kappa shape index (κ3) is 3.45. The molecular weight excluding hydrogens is 372 g/mol. The molecule has 1 heterocycles. The summed E-state index contributed by atoms with van der Waals surface area (Å²) in [5.74, 6) is -1.42. The van der Waals surface area contributed by atoms with Gasteiger partial charge in [0.15, 0.2) is 0 Å². The standard InChI is InChI=1S/C19H15ClN2O5/c1-10-14(7-11-8-15(20)17(23)16(9-11)27-2)18(24)22(21-10)13-5-3-12(4-6-13)19(25)26/h3-9,21,23H,1H2,2H3,(H,25,26)/p-1/b14-7-. The zero-order valence-electron chi connectivity index (χ0n) is 14.2. The molecule has 3 rings (SSSR count). The fourth-order valence-corrected chi connectivity index (χ4v) is 2.79. The van der Waals surface area contributed by atoms with Gasteiger partial charge in [0.2, 0.25) is 0 Å². The third-order valence-corrected chi connectivity index (χ3v) is 4.22. The fourth-order valence-electron chi connectivity index (χ4n) is 2.57. The van der Waals surface area contributed by atoms with Crippen LogP contribution in [0.2, 0.25) is 5.02 Å². The van der Waals surface area contributed by atoms with Gasteiger partial charge in [-0.1, -0.05) is 18.2 Å². The van der Waals surface area contributed by atoms with E-state index in [-0.39, 0.29) is 27.1 Å². The van der Waals surface area contributed by atoms with E-state index in [0.717, 1.165) is 0 Å². The number of ether oxygens (including phenoxy) is 1. The van der Waals surface area contributed by atoms with Gasteiger partial charge in [-0.25, -0.2) is 9.48 Å². The van der Waals surface area contributed by atoms with Gasteiger partial charge in [-0.05, 0) is 53.8 Å². The second-order valence-corrected chi connectivity index (χ2v) is 6.08. The van der Waals surface area contributed by atoms with E-state index in [4.69, 9.17) is 21.4 Å². The summed E-state index contributed by atoms with van der Waals surface area (Å²) in [6.45, 7) is 3.82. The van der Waals surface area contributed by atoms with E-state index in [1.807, 2.05) is 0 Å². The SMILES string of the molecule is C=c1[nH]n(-c2ccc(C(=O)O)cc2)c(=O)/c1=C\c1cc(Cl)c([O-])c(OC)c1. The predicted molar refractivity (Wildman–Crippen MR) is 99.1 cm³/mol. The van der Waals surface area contributed by atoms with Crippen molar-refractivity contribution in [2.45, 2.75) is 0 Å². The Kier molecular flexibility index (Phi) is 4.79. The molecule has 0 unspecified atom stereocenters. The van der Waals surface area contributed by atoms with Crippen molar-refractivity contribution in [3.63, 3.8) is 0 Å². The van der Waals surface area contributed by atoms with Crippen LogP contribution in [0.5, 0.6) is 11.5 Å². The Morgan fingerprint density at radius 1 is 1.33 bits per heavy atom. The van der Waals surface area contributed by atoms with Crippen LogP contribution in [0.3, 0.4) is 0 Å². The monoisotopic (exact) mass is 385 g/mol. The Hall–Kier alpha value is -3.45. The first-order chi connectivity index (χ1) is 12.8. The minimum Gasteiger partial charge on any atom is -0.869 e. The van der Waals surface area contributed by atoms with E-state index in [9.17, 15) is 14.7 Å². The van der Waals surface area contributed by atoms with Gasteiger partial charge in [0, 0.05) is 5.02 Å². The maximum Gasteiger partial charge on any atom is 0.335 e. The Morgan fingerprint density at radius 2 is 2.00 bits per heavy atom. The van der Waals surface area contributed by atoms with Crippen molar-refractivity contribution < 1.29 is 19.7 Å². The van der Waals surface area contributed by atoms with Gasteiger partial charge in [-0.2, -0.15) is 0 Å². The van der Waals surface area contributed by atoms with Gasteiger partial charge in [-0.3, -0.25) is 9.89 Å². The Morgan fingerprint density at radius 3 is 2.59 bits per heavy atom. The number of halogens is 1. The first-order valence-electron chi connectivity index (χ1n) is 7.72. The van der Waals surface area contributed by atoms with Crippen LogP contribution in [0.15, 0.2) is 41.2 Å². The van der Waals surface area contributed by atoms with Crippen LogP contribution in [-0.4, -0.2) is 28.0 Å². The summed E-state index contributed by atoms with van der Waals surface area (Å²) >= 11 is 5.92. The smallest absolute Gasteiger partial charge is 0.335 e. The van der Waals surface area contributed by atoms with Crippen molar-refractivity contribution in [2.24, 2.45) is 0 Å². The van der Waals surface area contributed by atoms with E-state index in [1.54, 1.807) is 0 Å². The highest BCUT2D eigenvalue weighted by atomic mass is 35.5. The molecule has 0 aliphatic heterocycles. The first kappa shape index (κ1) is 18.3. The summed E-state index contributed by atoms with van der Waals surface area (Å²) in [5.41, 5.74) is 0.690. The first-order valence-corrected chi connectivity index (χ1v) is 8.09. The van der Waals surface area contributed by atoms with E-state index in [0.29, 0.717) is 16.6 Å². The Balaban J connectivity index is 2.13. The summed E-state index contributed by atoms with van der Waals surface area (Å²) in [6.07, 6.45) is 1.54. The highest BCUT2D eigenvalue weighted by molar-refractivity contribution is 6.32. The summed E-state index contributed by atoms with van der Waals surface area (Å²) < 4.78 is 6.25. The van der Waals surface area contributed by atoms with Gasteiger partial charge < -0.3 is 14.9 Å². The van der Waals surface area contributed by atoms with Crippen LogP contribution >= 0.6 is 11.6 Å². The minimum atomic E-state index is -1.06. The van der Waals surface area contributed by atoms with Crippen LogP contribution in [0, 0.1) is 0 Å². The number of benzene rings is 2. The number of carboxylic acid groups (broad SMARTS) is 1. The average molecular weight is 386 g/mol. The molecule has 0 aliphatic carbocycles. The van der Waals surface area contributed by atoms with E-state index in [1.165, 1.54) is 54.3 Å². The third-order valence-electron chi connectivity index (χ3n) is 3.94. The molecule has 7 nitrogen and oxygen atoms in total. The van der Waals surface area contributed by atoms with E-state index >= 15 is 0 Å². The molecular formula is C19H14ClN2O5-. The van der Waals surface area contributed by atoms with Crippen molar-refractivity contribution in [3.05, 3.63) is 73.5 Å². The molecule has 0 bridgehead atoms. The number of carbonyl (C=O) groups is 1. The molecule has 0 spiro atoms. The largest absolute Gasteiger partial charge is 0.869 e. The maximum atomic E-state index is 12.7. The average Bonchev–Trinajstić information content (AvgIpc) is 2.92. The summed E-state index contributed by atoms with van der Waals surface area (Å²) in [5, 5.41) is 24.2. The Bertz CT molecular complexity index is 1190. The van der Waals surface area contributed by atoms with E-state index < -0.39 is 11.7 Å². The number of nitrogens with zero attached hydrogens (tertiary/aromatic N) is 1. The molecule has 1 aromatic heterocycles. The number of hydrogen-bond acceptors (Lipinski definition) is 4. The second kappa shape index (κ2) is 7.05. The lowest BCUT2D eigenvalue weighted by Gasteiger charge is -2.14. The van der Waals surface area contributed by atoms with Crippen molar-refractivity contribution in [2.75, 3.05) is 7.11 Å². The highest BCUT2D eigenvalue weighted by Gasteiger charge is 2.08. The van der Waals surface area contributed by atoms with E-state index in [2.05, 4.69) is 11.7 Å². The van der Waals surface area contributed by atoms with Crippen LogP contribution in [0.25, 0.3) is 18.3 Å². The normalized spacial score (nSPS) is 11.6. The number of H-pyrrole nitrogens is 1. The van der Waals surface area contributed by atoms with Crippen molar-refractivity contribution in [3.8, 4) is 17.2 Å². The topological polar surface area (TPSA) is 107 Å². The molecule has 138 valence electrons. The highest BCUT2D eigenvalue weighted by Crippen LogP contribution is 2.32. The summed E-state index contributed by atoms with van der Waals surface area (Å²) in [4.78, 5) is 23.7. The van der Waals surface area contributed by atoms with Crippen molar-refractivity contribution in [1.82, 2.24) is 9.78 Å². The molecule has 0 amide bonds. The number of aromatic carboxylic acids is 1. The lowest BCUT2D eigenvalue weighted by molar-refractivity contribution is -0.269. The van der Waals surface area contributed by atoms with Crippen LogP contribution in [-0.2, 0) is 0 Å². The van der Waals surface area contributed by atoms with Gasteiger partial charge >= 0.3 is 5.97 Å². The zero-order chi connectivity index (χ0) is 19.7. The van der Waals surface area contributed by atoms with Gasteiger partial charge in [0.25, 0.3) is 5.56 Å². The van der Waals surface area contributed by atoms with Gasteiger partial charge in [-0.15, -0.1) is 0 Å². The molecule has 27 heavy (non-hydrogen) atoms. The number of aromatic amines is 1. The molecule has 2 aromatic carbocycles. The molecule has 0 atom stereocenters. The molecule has 0 fully saturated rings. The van der Waals surface area contributed by atoms with Crippen LogP contribution < -0.4 is 26.0 Å². The van der Waals surface area contributed by atoms with Crippen LogP contribution in [0.4, 0.5) is 0 Å². The van der Waals surface area contributed by atoms with Gasteiger partial charge in [0.1, 0.15) is 5.75 Å². The number of hydrogen-bond donors (Lipinski definition) is 2. The number of methoxy groups -OCH3 is 1. The summed E-state index contributed by atoms with van der Waals surface area (Å²) in [6, 6.07) is 8.73. The number of carboxylic acids is 1. The molecule has 0 aliphatic rings. The van der Waals surface area contributed by atoms with Crippen LogP contribution in [0.1, 0.15) is 15.9 Å². The molecule has 8 heteroatoms. The second-order valence-electron chi connectivity index (χ2n) is 5.68. The minimum absolute atomic E-state index is 0.0219. The molecule has 3 aromatic rings. The molecule has 0 saturated carbocycles. The van der Waals surface area contributed by atoms with Crippen molar-refractivity contribution in [1.29, 1.82) is 0 Å². The fraction of sp³-hybridized carbons (Fsp3) is 0.0526. The lowest BCUT2D eigenvalue weighted by atomic mass is 10.1. The summed E-state index contributed by atoms with van der Waals surface area (Å²) in [7, 11) is 1.35.